The van der Waals surface area contributed by atoms with E-state index in [1.165, 1.54) is 0 Å². The van der Waals surface area contributed by atoms with Crippen LogP contribution in [0.2, 0.25) is 0 Å². The maximum absolute atomic E-state index is 7.50. The Morgan fingerprint density at radius 2 is 2.14 bits per heavy atom. The van der Waals surface area contributed by atoms with Crippen molar-refractivity contribution in [3.05, 3.63) is 51.3 Å². The fourth-order valence-electron chi connectivity index (χ4n) is 2.31. The Bertz CT molecular complexity index is 662. The standard InChI is InChI=1S/C15H20BrN5/c1-10-14(16)13(21(3)19-10)9-20(2)8-11-5-4-6-12(7-11)15(17)18/h4-7H,8-9H2,1-3H3,(H3,17,18). The van der Waals surface area contributed by atoms with Crippen LogP contribution in [0.3, 0.4) is 0 Å². The molecule has 5 nitrogen and oxygen atoms in total. The van der Waals surface area contributed by atoms with E-state index in [2.05, 4.69) is 33.0 Å². The van der Waals surface area contributed by atoms with Gasteiger partial charge in [-0.25, -0.2) is 0 Å². The Morgan fingerprint density at radius 3 is 2.71 bits per heavy atom. The van der Waals surface area contributed by atoms with Gasteiger partial charge in [0, 0.05) is 25.7 Å². The van der Waals surface area contributed by atoms with Crippen LogP contribution in [-0.2, 0) is 20.1 Å². The molecule has 21 heavy (non-hydrogen) atoms. The van der Waals surface area contributed by atoms with Gasteiger partial charge in [-0.1, -0.05) is 18.2 Å². The van der Waals surface area contributed by atoms with E-state index in [4.69, 9.17) is 11.1 Å². The van der Waals surface area contributed by atoms with Gasteiger partial charge < -0.3 is 5.73 Å². The molecule has 1 aromatic heterocycles. The van der Waals surface area contributed by atoms with E-state index in [0.29, 0.717) is 0 Å². The molecule has 0 amide bonds. The van der Waals surface area contributed by atoms with Crippen LogP contribution in [0.5, 0.6) is 0 Å². The first-order valence-electron chi connectivity index (χ1n) is 6.68. The number of nitrogen functional groups attached to an aromatic ring is 1. The van der Waals surface area contributed by atoms with E-state index in [1.807, 2.05) is 42.9 Å². The number of rotatable bonds is 5. The summed E-state index contributed by atoms with van der Waals surface area (Å²) < 4.78 is 2.97. The SMILES string of the molecule is Cc1nn(C)c(CN(C)Cc2cccc(C(=N)N)c2)c1Br. The zero-order valence-corrected chi connectivity index (χ0v) is 14.1. The lowest BCUT2D eigenvalue weighted by molar-refractivity contribution is 0.309. The van der Waals surface area contributed by atoms with Crippen molar-refractivity contribution in [3.63, 3.8) is 0 Å². The molecule has 112 valence electrons. The predicted octanol–water partition coefficient (Wildman–Crippen LogP) is 2.41. The lowest BCUT2D eigenvalue weighted by atomic mass is 10.1. The molecule has 6 heteroatoms. The van der Waals surface area contributed by atoms with Crippen LogP contribution in [0.4, 0.5) is 0 Å². The van der Waals surface area contributed by atoms with Crippen LogP contribution in [0.15, 0.2) is 28.7 Å². The van der Waals surface area contributed by atoms with Gasteiger partial charge in [0.05, 0.1) is 15.9 Å². The molecule has 0 fully saturated rings. The summed E-state index contributed by atoms with van der Waals surface area (Å²) in [5.41, 5.74) is 9.58. The molecule has 0 aliphatic carbocycles. The van der Waals surface area contributed by atoms with Crippen molar-refractivity contribution in [2.75, 3.05) is 7.05 Å². The van der Waals surface area contributed by atoms with Crippen LogP contribution >= 0.6 is 15.9 Å². The van der Waals surface area contributed by atoms with Gasteiger partial charge in [0.15, 0.2) is 0 Å². The maximum atomic E-state index is 7.50. The summed E-state index contributed by atoms with van der Waals surface area (Å²) >= 11 is 3.59. The molecule has 1 aromatic carbocycles. The highest BCUT2D eigenvalue weighted by Gasteiger charge is 2.13. The molecule has 3 N–H and O–H groups in total. The van der Waals surface area contributed by atoms with Gasteiger partial charge in [-0.05, 0) is 41.5 Å². The van der Waals surface area contributed by atoms with E-state index in [1.54, 1.807) is 0 Å². The van der Waals surface area contributed by atoms with Gasteiger partial charge in [-0.3, -0.25) is 15.0 Å². The summed E-state index contributed by atoms with van der Waals surface area (Å²) in [6, 6.07) is 7.80. The molecular formula is C15H20BrN5. The Hall–Kier alpha value is -1.66. The van der Waals surface area contributed by atoms with Crippen molar-refractivity contribution in [3.8, 4) is 0 Å². The first-order valence-corrected chi connectivity index (χ1v) is 7.47. The van der Waals surface area contributed by atoms with Crippen LogP contribution in [0, 0.1) is 12.3 Å². The first kappa shape index (κ1) is 15.7. The number of nitrogens with zero attached hydrogens (tertiary/aromatic N) is 3. The highest BCUT2D eigenvalue weighted by Crippen LogP contribution is 2.21. The maximum Gasteiger partial charge on any atom is 0.122 e. The number of benzene rings is 1. The third-order valence-corrected chi connectivity index (χ3v) is 4.40. The Kier molecular flexibility index (Phi) is 4.80. The monoisotopic (exact) mass is 349 g/mol. The summed E-state index contributed by atoms with van der Waals surface area (Å²) in [7, 11) is 4.02. The molecule has 0 aliphatic rings. The van der Waals surface area contributed by atoms with Gasteiger partial charge in [0.1, 0.15) is 5.84 Å². The predicted molar refractivity (Wildman–Crippen MR) is 88.3 cm³/mol. The second-order valence-corrected chi connectivity index (χ2v) is 6.05. The minimum Gasteiger partial charge on any atom is -0.384 e. The third-order valence-electron chi connectivity index (χ3n) is 3.37. The average Bonchev–Trinajstić information content (AvgIpc) is 2.65. The zero-order valence-electron chi connectivity index (χ0n) is 12.5. The highest BCUT2D eigenvalue weighted by molar-refractivity contribution is 9.10. The summed E-state index contributed by atoms with van der Waals surface area (Å²) in [6.45, 7) is 3.57. The number of hydrogen-bond donors (Lipinski definition) is 2. The quantitative estimate of drug-likeness (QED) is 0.643. The normalized spacial score (nSPS) is 11.1. The summed E-state index contributed by atoms with van der Waals surface area (Å²) in [4.78, 5) is 2.21. The van der Waals surface area contributed by atoms with Gasteiger partial charge in [0.2, 0.25) is 0 Å². The molecule has 0 atom stereocenters. The lowest BCUT2D eigenvalue weighted by Gasteiger charge is -2.17. The highest BCUT2D eigenvalue weighted by atomic mass is 79.9. The molecule has 2 rings (SSSR count). The van der Waals surface area contributed by atoms with Crippen molar-refractivity contribution < 1.29 is 0 Å². The van der Waals surface area contributed by atoms with Gasteiger partial charge >= 0.3 is 0 Å². The second-order valence-electron chi connectivity index (χ2n) is 5.26. The van der Waals surface area contributed by atoms with Crippen molar-refractivity contribution in [1.82, 2.24) is 14.7 Å². The minimum absolute atomic E-state index is 0.101. The number of hydrogen-bond acceptors (Lipinski definition) is 3. The zero-order chi connectivity index (χ0) is 15.6. The van der Waals surface area contributed by atoms with E-state index >= 15 is 0 Å². The van der Waals surface area contributed by atoms with Gasteiger partial charge in [-0.2, -0.15) is 5.10 Å². The largest absolute Gasteiger partial charge is 0.384 e. The van der Waals surface area contributed by atoms with Crippen LogP contribution in [0.25, 0.3) is 0 Å². The van der Waals surface area contributed by atoms with Crippen molar-refractivity contribution in [2.24, 2.45) is 12.8 Å². The van der Waals surface area contributed by atoms with Gasteiger partial charge in [0.25, 0.3) is 0 Å². The molecular weight excluding hydrogens is 330 g/mol. The van der Waals surface area contributed by atoms with Crippen molar-refractivity contribution in [1.29, 1.82) is 5.41 Å². The molecule has 0 radical (unpaired) electrons. The lowest BCUT2D eigenvalue weighted by Crippen LogP contribution is -2.20. The molecule has 1 heterocycles. The Balaban J connectivity index is 2.09. The number of nitrogens with two attached hydrogens (primary N) is 1. The van der Waals surface area contributed by atoms with Crippen LogP contribution < -0.4 is 5.73 Å². The van der Waals surface area contributed by atoms with Crippen LogP contribution in [-0.4, -0.2) is 27.6 Å². The molecule has 2 aromatic rings. The number of amidine groups is 1. The topological polar surface area (TPSA) is 70.9 Å². The smallest absolute Gasteiger partial charge is 0.122 e. The Labute approximate surface area is 133 Å². The molecule has 0 bridgehead atoms. The van der Waals surface area contributed by atoms with E-state index in [9.17, 15) is 0 Å². The van der Waals surface area contributed by atoms with Gasteiger partial charge in [-0.15, -0.1) is 0 Å². The number of aryl methyl sites for hydroxylation is 2. The number of halogens is 1. The first-order chi connectivity index (χ1) is 9.88. The molecule has 0 saturated carbocycles. The fourth-order valence-corrected chi connectivity index (χ4v) is 2.77. The van der Waals surface area contributed by atoms with Crippen LogP contribution in [0.1, 0.15) is 22.5 Å². The average molecular weight is 350 g/mol. The third kappa shape index (κ3) is 3.71. The molecule has 0 unspecified atom stereocenters. The van der Waals surface area contributed by atoms with Crippen molar-refractivity contribution >= 4 is 21.8 Å². The minimum atomic E-state index is 0.101. The van der Waals surface area contributed by atoms with E-state index in [-0.39, 0.29) is 5.84 Å². The number of aromatic nitrogens is 2. The molecule has 0 saturated heterocycles. The summed E-state index contributed by atoms with van der Waals surface area (Å²) in [5.74, 6) is 0.101. The summed E-state index contributed by atoms with van der Waals surface area (Å²) in [6.07, 6.45) is 0. The Morgan fingerprint density at radius 1 is 1.43 bits per heavy atom. The van der Waals surface area contributed by atoms with E-state index in [0.717, 1.165) is 40.1 Å². The fraction of sp³-hybridized carbons (Fsp3) is 0.333. The summed E-state index contributed by atoms with van der Waals surface area (Å²) in [5, 5.41) is 11.9. The van der Waals surface area contributed by atoms with Crippen molar-refractivity contribution in [2.45, 2.75) is 20.0 Å². The molecule has 0 aliphatic heterocycles. The van der Waals surface area contributed by atoms with E-state index < -0.39 is 0 Å². The second kappa shape index (κ2) is 6.41. The molecule has 0 spiro atoms. The number of nitrogens with one attached hydrogen (secondary N) is 1.